The van der Waals surface area contributed by atoms with Gasteiger partial charge in [-0.2, -0.15) is 6.42 Å². The van der Waals surface area contributed by atoms with Crippen molar-refractivity contribution in [3.8, 4) is 0 Å². The Hall–Kier alpha value is 1.71. The van der Waals surface area contributed by atoms with Crippen molar-refractivity contribution in [1.29, 1.82) is 0 Å². The molecule has 0 saturated heterocycles. The van der Waals surface area contributed by atoms with Crippen LogP contribution in [0.25, 0.3) is 0 Å². The molecule has 0 aliphatic carbocycles. The molecule has 0 aromatic rings. The van der Waals surface area contributed by atoms with E-state index in [1.165, 1.54) is 24.6 Å². The molecule has 0 rings (SSSR count). The van der Waals surface area contributed by atoms with Gasteiger partial charge in [0, 0.05) is 8.80 Å². The Morgan fingerprint density at radius 1 is 1.20 bits per heavy atom. The first-order valence-corrected chi connectivity index (χ1v) is 6.09. The van der Waals surface area contributed by atoms with Gasteiger partial charge in [0.25, 0.3) is 0 Å². The van der Waals surface area contributed by atoms with Gasteiger partial charge in [0.2, 0.25) is 0 Å². The Kier molecular flexibility index (Phi) is 23.6. The molecular formula is C7H17IMgSi. The second-order valence-electron chi connectivity index (χ2n) is 2.32. The van der Waals surface area contributed by atoms with Crippen molar-refractivity contribution >= 4 is 31.8 Å². The normalized spacial score (nSPS) is 8.40. The van der Waals surface area contributed by atoms with Crippen LogP contribution in [-0.4, -0.2) is 31.8 Å². The molecule has 10 heavy (non-hydrogen) atoms. The number of hydrogen-bond acceptors (Lipinski definition) is 0. The molecule has 0 N–H and O–H groups in total. The van der Waals surface area contributed by atoms with Crippen LogP contribution in [0.15, 0.2) is 0 Å². The largest absolute Gasteiger partial charge is 2.00 e. The van der Waals surface area contributed by atoms with Crippen LogP contribution in [0, 0.1) is 6.92 Å². The van der Waals surface area contributed by atoms with E-state index >= 15 is 0 Å². The quantitative estimate of drug-likeness (QED) is 0.356. The SMILES string of the molecule is [CH2-]CC[SiH](CC)CC.[I-].[Mg+2]. The Balaban J connectivity index is -0.000000245. The maximum absolute atomic E-state index is 3.86. The van der Waals surface area contributed by atoms with Crippen LogP contribution < -0.4 is 24.0 Å². The molecule has 0 spiro atoms. The third-order valence-electron chi connectivity index (χ3n) is 1.77. The van der Waals surface area contributed by atoms with Crippen LogP contribution in [0.4, 0.5) is 0 Å². The van der Waals surface area contributed by atoms with Gasteiger partial charge in [-0.1, -0.05) is 32.0 Å². The van der Waals surface area contributed by atoms with E-state index in [0.717, 1.165) is 0 Å². The van der Waals surface area contributed by atoms with Crippen molar-refractivity contribution in [2.24, 2.45) is 0 Å². The molecule has 0 amide bonds. The summed E-state index contributed by atoms with van der Waals surface area (Å²) in [6.45, 7) is 8.49. The number of halogens is 1. The molecule has 0 aliphatic heterocycles. The van der Waals surface area contributed by atoms with E-state index in [1.54, 1.807) is 0 Å². The minimum absolute atomic E-state index is 0. The van der Waals surface area contributed by atoms with Gasteiger partial charge >= 0.3 is 23.1 Å². The third-order valence-corrected chi connectivity index (χ3v) is 5.30. The summed E-state index contributed by atoms with van der Waals surface area (Å²) in [6, 6.07) is 4.38. The van der Waals surface area contributed by atoms with Gasteiger partial charge in [0.05, 0.1) is 0 Å². The molecule has 0 aliphatic rings. The molecule has 0 aromatic carbocycles. The van der Waals surface area contributed by atoms with E-state index in [0.29, 0.717) is 0 Å². The van der Waals surface area contributed by atoms with Crippen LogP contribution in [0.1, 0.15) is 20.3 Å². The summed E-state index contributed by atoms with van der Waals surface area (Å²) in [7, 11) is -0.255. The molecule has 3 heteroatoms. The van der Waals surface area contributed by atoms with Gasteiger partial charge in [0.1, 0.15) is 0 Å². The molecule has 0 heterocycles. The Morgan fingerprint density at radius 2 is 1.60 bits per heavy atom. The summed E-state index contributed by atoms with van der Waals surface area (Å²) in [5, 5.41) is 0. The first kappa shape index (κ1) is 17.7. The minimum atomic E-state index is -0.255. The van der Waals surface area contributed by atoms with Gasteiger partial charge < -0.3 is 30.9 Å². The summed E-state index contributed by atoms with van der Waals surface area (Å²) >= 11 is 0. The van der Waals surface area contributed by atoms with Gasteiger partial charge in [-0.15, -0.1) is 0 Å². The van der Waals surface area contributed by atoms with E-state index < -0.39 is 0 Å². The zero-order chi connectivity index (χ0) is 6.41. The molecule has 0 unspecified atom stereocenters. The zero-order valence-electron chi connectivity index (χ0n) is 7.20. The number of rotatable bonds is 4. The zero-order valence-corrected chi connectivity index (χ0v) is 11.9. The van der Waals surface area contributed by atoms with E-state index in [1.807, 2.05) is 0 Å². The fourth-order valence-electron chi connectivity index (χ4n) is 0.986. The smallest absolute Gasteiger partial charge is 1.00 e. The molecule has 58 valence electrons. The van der Waals surface area contributed by atoms with E-state index in [2.05, 4.69) is 20.8 Å². The standard InChI is InChI=1S/C7H17Si.HI.Mg/c1-4-7-8(5-2)6-3;;/h8H,1,4-7H2,2-3H3;1H;/q-1;;+2/p-1. The van der Waals surface area contributed by atoms with Crippen molar-refractivity contribution in [1.82, 2.24) is 0 Å². The van der Waals surface area contributed by atoms with Crippen molar-refractivity contribution in [2.75, 3.05) is 0 Å². The van der Waals surface area contributed by atoms with Crippen LogP contribution in [0.2, 0.25) is 18.1 Å². The molecule has 0 fully saturated rings. The van der Waals surface area contributed by atoms with Gasteiger partial charge in [0.15, 0.2) is 0 Å². The fraction of sp³-hybridized carbons (Fsp3) is 0.857. The van der Waals surface area contributed by atoms with Crippen LogP contribution >= 0.6 is 0 Å². The Labute approximate surface area is 100 Å². The van der Waals surface area contributed by atoms with Crippen molar-refractivity contribution in [3.05, 3.63) is 6.92 Å². The predicted molar refractivity (Wildman–Crippen MR) is 48.6 cm³/mol. The minimum Gasteiger partial charge on any atom is -1.00 e. The van der Waals surface area contributed by atoms with Gasteiger partial charge in [-0.3, -0.25) is 0 Å². The summed E-state index contributed by atoms with van der Waals surface area (Å²) in [5.74, 6) is 0. The summed E-state index contributed by atoms with van der Waals surface area (Å²) in [6.07, 6.45) is 1.17. The molecule has 0 nitrogen and oxygen atoms in total. The van der Waals surface area contributed by atoms with E-state index in [-0.39, 0.29) is 55.8 Å². The van der Waals surface area contributed by atoms with Crippen LogP contribution in [-0.2, 0) is 0 Å². The van der Waals surface area contributed by atoms with Crippen molar-refractivity contribution in [2.45, 2.75) is 38.4 Å². The van der Waals surface area contributed by atoms with Crippen LogP contribution in [0.3, 0.4) is 0 Å². The maximum atomic E-state index is 3.86. The summed E-state index contributed by atoms with van der Waals surface area (Å²) in [4.78, 5) is 0. The molecule has 0 bridgehead atoms. The molecule has 0 radical (unpaired) electrons. The Morgan fingerprint density at radius 3 is 1.70 bits per heavy atom. The van der Waals surface area contributed by atoms with Crippen molar-refractivity contribution in [3.63, 3.8) is 0 Å². The molecule has 0 aromatic heterocycles. The summed E-state index contributed by atoms with van der Waals surface area (Å²) < 4.78 is 0. The Bertz CT molecular complexity index is 48.9. The summed E-state index contributed by atoms with van der Waals surface area (Å²) in [5.41, 5.74) is 0. The van der Waals surface area contributed by atoms with Crippen LogP contribution in [0.5, 0.6) is 0 Å². The van der Waals surface area contributed by atoms with E-state index in [9.17, 15) is 0 Å². The monoisotopic (exact) mass is 280 g/mol. The second kappa shape index (κ2) is 13.3. The predicted octanol–water partition coefficient (Wildman–Crippen LogP) is -0.899. The first-order valence-electron chi connectivity index (χ1n) is 3.64. The molecular weight excluding hydrogens is 263 g/mol. The number of hydrogen-bond donors (Lipinski definition) is 0. The van der Waals surface area contributed by atoms with Gasteiger partial charge in [-0.05, 0) is 0 Å². The maximum Gasteiger partial charge on any atom is 2.00 e. The average molecular weight is 281 g/mol. The molecule has 0 saturated carbocycles. The second-order valence-corrected chi connectivity index (χ2v) is 6.27. The average Bonchev–Trinajstić information content (AvgIpc) is 1.83. The van der Waals surface area contributed by atoms with Crippen molar-refractivity contribution < 1.29 is 24.0 Å². The topological polar surface area (TPSA) is 0 Å². The molecule has 0 atom stereocenters. The fourth-order valence-corrected chi connectivity index (χ4v) is 2.96. The third kappa shape index (κ3) is 9.71. The van der Waals surface area contributed by atoms with E-state index in [4.69, 9.17) is 0 Å². The first-order chi connectivity index (χ1) is 3.85. The van der Waals surface area contributed by atoms with Gasteiger partial charge in [-0.25, -0.2) is 0 Å².